The number of hydrogen-bond donors (Lipinski definition) is 1. The SMILES string of the molecule is O=S(=O)(O)C1CC1. The van der Waals surface area contributed by atoms with Gasteiger partial charge in [0.1, 0.15) is 0 Å². The van der Waals surface area contributed by atoms with E-state index in [2.05, 4.69) is 0 Å². The summed E-state index contributed by atoms with van der Waals surface area (Å²) < 4.78 is 28.0. The molecule has 1 N–H and O–H groups in total. The number of rotatable bonds is 1. The molecule has 1 rings (SSSR count). The monoisotopic (exact) mass is 122 g/mol. The topological polar surface area (TPSA) is 54.4 Å². The van der Waals surface area contributed by atoms with Crippen LogP contribution >= 0.6 is 0 Å². The van der Waals surface area contributed by atoms with Crippen LogP contribution < -0.4 is 0 Å². The molecule has 0 unspecified atom stereocenters. The molecule has 0 aromatic carbocycles. The first-order valence-corrected chi connectivity index (χ1v) is 3.57. The normalized spacial score (nSPS) is 22.4. The van der Waals surface area contributed by atoms with Crippen LogP contribution in [0.2, 0.25) is 0 Å². The van der Waals surface area contributed by atoms with Crippen LogP contribution in [-0.4, -0.2) is 18.2 Å². The molecule has 0 aromatic heterocycles. The Morgan fingerprint density at radius 1 is 1.43 bits per heavy atom. The molecule has 7 heavy (non-hydrogen) atoms. The molecule has 0 aliphatic heterocycles. The predicted octanol–water partition coefficient (Wildman–Crippen LogP) is 0.0366. The fraction of sp³-hybridized carbons (Fsp3) is 1.00. The van der Waals surface area contributed by atoms with Gasteiger partial charge in [0.2, 0.25) is 0 Å². The fourth-order valence-electron chi connectivity index (χ4n) is 0.366. The maximum absolute atomic E-state index is 9.95. The van der Waals surface area contributed by atoms with E-state index in [1.54, 1.807) is 0 Å². The third-order valence-electron chi connectivity index (χ3n) is 0.946. The summed E-state index contributed by atoms with van der Waals surface area (Å²) in [7, 11) is -3.63. The Morgan fingerprint density at radius 3 is 1.86 bits per heavy atom. The van der Waals surface area contributed by atoms with E-state index < -0.39 is 15.4 Å². The summed E-state index contributed by atoms with van der Waals surface area (Å²) in [6, 6.07) is 0. The first-order valence-electron chi connectivity index (χ1n) is 2.07. The minimum absolute atomic E-state index is 0.424. The van der Waals surface area contributed by atoms with Gasteiger partial charge in [-0.05, 0) is 12.8 Å². The van der Waals surface area contributed by atoms with Gasteiger partial charge < -0.3 is 0 Å². The molecule has 42 valence electrons. The second-order valence-electron chi connectivity index (χ2n) is 1.71. The zero-order valence-corrected chi connectivity index (χ0v) is 4.48. The molecule has 0 atom stereocenters. The van der Waals surface area contributed by atoms with Crippen molar-refractivity contribution in [2.45, 2.75) is 18.1 Å². The van der Waals surface area contributed by atoms with Crippen molar-refractivity contribution in [3.05, 3.63) is 0 Å². The highest BCUT2D eigenvalue weighted by Crippen LogP contribution is 2.26. The van der Waals surface area contributed by atoms with Crippen LogP contribution in [0.25, 0.3) is 0 Å². The molecule has 0 heterocycles. The molecule has 1 fully saturated rings. The zero-order chi connectivity index (χ0) is 5.49. The molecule has 1 aliphatic rings. The van der Waals surface area contributed by atoms with Gasteiger partial charge in [-0.25, -0.2) is 0 Å². The average molecular weight is 122 g/mol. The minimum Gasteiger partial charge on any atom is -0.285 e. The van der Waals surface area contributed by atoms with Gasteiger partial charge in [-0.3, -0.25) is 4.55 Å². The Labute approximate surface area is 42.1 Å². The Hall–Kier alpha value is -0.0900. The molecule has 0 amide bonds. The summed E-state index contributed by atoms with van der Waals surface area (Å²) in [5.74, 6) is 0. The first-order chi connectivity index (χ1) is 3.11. The smallest absolute Gasteiger partial charge is 0.267 e. The van der Waals surface area contributed by atoms with Crippen LogP contribution in [-0.2, 0) is 10.1 Å². The molecule has 1 aliphatic carbocycles. The summed E-state index contributed by atoms with van der Waals surface area (Å²) in [6.45, 7) is 0. The van der Waals surface area contributed by atoms with E-state index in [0.29, 0.717) is 12.8 Å². The quantitative estimate of drug-likeness (QED) is 0.499. The molecular formula is C3H6O3S. The van der Waals surface area contributed by atoms with Crippen molar-refractivity contribution in [1.29, 1.82) is 0 Å². The van der Waals surface area contributed by atoms with E-state index in [0.717, 1.165) is 0 Å². The second kappa shape index (κ2) is 1.20. The average Bonchev–Trinajstić information content (AvgIpc) is 1.99. The standard InChI is InChI=1S/C3H6O3S/c4-7(5,6)3-1-2-3/h3H,1-2H2,(H,4,5,6). The predicted molar refractivity (Wildman–Crippen MR) is 24.6 cm³/mol. The maximum Gasteiger partial charge on any atom is 0.267 e. The first kappa shape index (κ1) is 5.05. The molecule has 0 radical (unpaired) electrons. The van der Waals surface area contributed by atoms with Gasteiger partial charge in [-0.1, -0.05) is 0 Å². The molecule has 0 aromatic rings. The van der Waals surface area contributed by atoms with Crippen LogP contribution in [0.1, 0.15) is 12.8 Å². The van der Waals surface area contributed by atoms with Gasteiger partial charge in [0.05, 0.1) is 5.25 Å². The van der Waals surface area contributed by atoms with Crippen LogP contribution in [0, 0.1) is 0 Å². The van der Waals surface area contributed by atoms with Crippen molar-refractivity contribution in [2.75, 3.05) is 0 Å². The molecule has 0 spiro atoms. The Bertz CT molecular complexity index is 153. The molecule has 1 saturated carbocycles. The largest absolute Gasteiger partial charge is 0.285 e. The molecule has 0 saturated heterocycles. The van der Waals surface area contributed by atoms with Crippen molar-refractivity contribution in [3.63, 3.8) is 0 Å². The lowest BCUT2D eigenvalue weighted by Crippen LogP contribution is -2.02. The summed E-state index contributed by atoms with van der Waals surface area (Å²) in [5, 5.41) is -0.424. The van der Waals surface area contributed by atoms with Crippen molar-refractivity contribution < 1.29 is 13.0 Å². The van der Waals surface area contributed by atoms with Crippen molar-refractivity contribution >= 4 is 10.1 Å². The Morgan fingerprint density at radius 2 is 1.86 bits per heavy atom. The van der Waals surface area contributed by atoms with E-state index in [1.165, 1.54) is 0 Å². The molecule has 4 heteroatoms. The third kappa shape index (κ3) is 1.14. The summed E-state index contributed by atoms with van der Waals surface area (Å²) in [4.78, 5) is 0. The highest BCUT2D eigenvalue weighted by molar-refractivity contribution is 7.86. The van der Waals surface area contributed by atoms with E-state index >= 15 is 0 Å². The van der Waals surface area contributed by atoms with Crippen LogP contribution in [0.5, 0.6) is 0 Å². The van der Waals surface area contributed by atoms with Gasteiger partial charge in [-0.15, -0.1) is 0 Å². The van der Waals surface area contributed by atoms with Gasteiger partial charge in [-0.2, -0.15) is 8.42 Å². The van der Waals surface area contributed by atoms with Crippen molar-refractivity contribution in [3.8, 4) is 0 Å². The lowest BCUT2D eigenvalue weighted by Gasteiger charge is -1.83. The van der Waals surface area contributed by atoms with E-state index in [-0.39, 0.29) is 0 Å². The highest BCUT2D eigenvalue weighted by Gasteiger charge is 2.33. The van der Waals surface area contributed by atoms with E-state index in [1.807, 2.05) is 0 Å². The van der Waals surface area contributed by atoms with Crippen LogP contribution in [0.15, 0.2) is 0 Å². The number of hydrogen-bond acceptors (Lipinski definition) is 2. The van der Waals surface area contributed by atoms with Gasteiger partial charge in [0, 0.05) is 0 Å². The van der Waals surface area contributed by atoms with Crippen molar-refractivity contribution in [1.82, 2.24) is 0 Å². The van der Waals surface area contributed by atoms with Crippen LogP contribution in [0.4, 0.5) is 0 Å². The van der Waals surface area contributed by atoms with E-state index in [4.69, 9.17) is 4.55 Å². The Balaban J connectivity index is 2.71. The van der Waals surface area contributed by atoms with Gasteiger partial charge in [0.25, 0.3) is 10.1 Å². The van der Waals surface area contributed by atoms with Gasteiger partial charge >= 0.3 is 0 Å². The highest BCUT2D eigenvalue weighted by atomic mass is 32.2. The Kier molecular flexibility index (Phi) is 0.864. The van der Waals surface area contributed by atoms with Gasteiger partial charge in [0.15, 0.2) is 0 Å². The lowest BCUT2D eigenvalue weighted by atomic mass is 11.0. The minimum atomic E-state index is -3.63. The maximum atomic E-state index is 9.95. The van der Waals surface area contributed by atoms with Crippen molar-refractivity contribution in [2.24, 2.45) is 0 Å². The second-order valence-corrected chi connectivity index (χ2v) is 3.41. The molecule has 0 bridgehead atoms. The van der Waals surface area contributed by atoms with Crippen LogP contribution in [0.3, 0.4) is 0 Å². The molecular weight excluding hydrogens is 116 g/mol. The third-order valence-corrected chi connectivity index (χ3v) is 2.26. The summed E-state index contributed by atoms with van der Waals surface area (Å²) in [6.07, 6.45) is 1.28. The summed E-state index contributed by atoms with van der Waals surface area (Å²) in [5.41, 5.74) is 0. The molecule has 3 nitrogen and oxygen atoms in total. The lowest BCUT2D eigenvalue weighted by molar-refractivity contribution is 0.481. The van der Waals surface area contributed by atoms with E-state index in [9.17, 15) is 8.42 Å². The summed E-state index contributed by atoms with van der Waals surface area (Å²) >= 11 is 0. The fourth-order valence-corrected chi connectivity index (χ4v) is 1.10. The zero-order valence-electron chi connectivity index (χ0n) is 3.66.